The number of aliphatic carboxylic acids is 2. The number of carboxylic acid groups (broad SMARTS) is 2. The highest BCUT2D eigenvalue weighted by molar-refractivity contribution is 5.98. The van der Waals surface area contributed by atoms with E-state index in [1.807, 2.05) is 0 Å². The average molecular weight is 1020 g/mol. The van der Waals surface area contributed by atoms with E-state index in [-0.39, 0.29) is 50.4 Å². The Balaban J connectivity index is 1.89. The summed E-state index contributed by atoms with van der Waals surface area (Å²) in [4.78, 5) is 131. The van der Waals surface area contributed by atoms with Crippen molar-refractivity contribution in [3.05, 3.63) is 83.9 Å². The third-order valence-corrected chi connectivity index (χ3v) is 11.6. The predicted molar refractivity (Wildman–Crippen MR) is 266 cm³/mol. The number of phenols is 1. The monoisotopic (exact) mass is 1020 g/mol. The molecule has 0 unspecified atom stereocenters. The molecule has 0 bridgehead atoms. The zero-order valence-corrected chi connectivity index (χ0v) is 41.4. The summed E-state index contributed by atoms with van der Waals surface area (Å²) in [5.41, 5.74) is 18.1. The highest BCUT2D eigenvalue weighted by Crippen LogP contribution is 2.15. The number of aromatic nitrogens is 2. The Bertz CT molecular complexity index is 2360. The van der Waals surface area contributed by atoms with E-state index < -0.39 is 120 Å². The standard InChI is InChI=1S/C48H69N13O12/c1-6-26(4)39(46(71)58-35(21-30-23-52-24-54-30)43(68)55-27(5)40(65)59-36(47(72)73)20-28-11-8-7-9-12-28)61-44(69)34(19-29-14-16-31(62)17-15-29)57-45(70)38(25(2)3)60-42(67)33(13-10-18-53-48(50)51)56-41(66)32(49)22-37(63)64/h7-9,11-12,14-17,23-27,32-36,38-39,62H,6,10,13,18-22,49H2,1-5H3,(H,52,54)(H,55,68)(H,56,66)(H,57,70)(H,58,71)(H,59,65)(H,60,67)(H,61,69)(H,63,64)(H,72,73)(H4,50,51,53)/t26-,27-,32-,33-,34-,35-,36-,38-,39-/m0/s1. The first-order valence-electron chi connectivity index (χ1n) is 23.7. The minimum atomic E-state index is -1.51. The maximum Gasteiger partial charge on any atom is 0.326 e. The quantitative estimate of drug-likeness (QED) is 0.0199. The minimum absolute atomic E-state index is 0.0299. The lowest BCUT2D eigenvalue weighted by Crippen LogP contribution is -2.62. The van der Waals surface area contributed by atoms with Crippen LogP contribution in [0.15, 0.2) is 72.1 Å². The molecule has 3 rings (SSSR count). The molecule has 0 spiro atoms. The number of phenolic OH excluding ortho intramolecular Hbond substituents is 1. The molecule has 0 radical (unpaired) electrons. The fourth-order valence-corrected chi connectivity index (χ4v) is 7.23. The third kappa shape index (κ3) is 20.3. The first-order valence-corrected chi connectivity index (χ1v) is 23.7. The number of rotatable bonds is 30. The van der Waals surface area contributed by atoms with Gasteiger partial charge < -0.3 is 74.7 Å². The molecule has 0 saturated carbocycles. The van der Waals surface area contributed by atoms with Crippen molar-refractivity contribution >= 4 is 59.2 Å². The number of aromatic hydroxyl groups is 1. The molecule has 17 N–H and O–H groups in total. The van der Waals surface area contributed by atoms with Crippen LogP contribution in [-0.2, 0) is 62.4 Å². The molecule has 1 heterocycles. The summed E-state index contributed by atoms with van der Waals surface area (Å²) in [5.74, 6) is -10.1. The largest absolute Gasteiger partial charge is 0.508 e. The molecule has 9 atom stereocenters. The zero-order chi connectivity index (χ0) is 54.4. The number of aliphatic imine (C=N–C) groups is 1. The van der Waals surface area contributed by atoms with E-state index in [0.29, 0.717) is 23.2 Å². The number of nitrogens with two attached hydrogens (primary N) is 3. The van der Waals surface area contributed by atoms with Gasteiger partial charge in [-0.2, -0.15) is 0 Å². The van der Waals surface area contributed by atoms with Gasteiger partial charge in [0.2, 0.25) is 41.4 Å². The number of amides is 7. The predicted octanol–water partition coefficient (Wildman–Crippen LogP) is -1.80. The van der Waals surface area contributed by atoms with Gasteiger partial charge in [0.1, 0.15) is 48.0 Å². The number of guanidine groups is 1. The molecule has 2 aromatic carbocycles. The third-order valence-electron chi connectivity index (χ3n) is 11.6. The van der Waals surface area contributed by atoms with Gasteiger partial charge >= 0.3 is 11.9 Å². The molecule has 0 saturated heterocycles. The summed E-state index contributed by atoms with van der Waals surface area (Å²) in [6.07, 6.45) is 2.11. The van der Waals surface area contributed by atoms with E-state index in [0.717, 1.165) is 0 Å². The number of carbonyl (C=O) groups is 9. The van der Waals surface area contributed by atoms with E-state index in [9.17, 15) is 53.4 Å². The number of carboxylic acids is 2. The Morgan fingerprint density at radius 3 is 1.74 bits per heavy atom. The van der Waals surface area contributed by atoms with E-state index in [4.69, 9.17) is 22.3 Å². The lowest BCUT2D eigenvalue weighted by molar-refractivity contribution is -0.142. The van der Waals surface area contributed by atoms with Gasteiger partial charge in [0.05, 0.1) is 18.8 Å². The Hall–Kier alpha value is -8.09. The highest BCUT2D eigenvalue weighted by atomic mass is 16.4. The summed E-state index contributed by atoms with van der Waals surface area (Å²) >= 11 is 0. The van der Waals surface area contributed by atoms with Gasteiger partial charge in [-0.25, -0.2) is 9.78 Å². The Kier molecular flexibility index (Phi) is 23.8. The number of nitrogens with one attached hydrogen (secondary N) is 8. The summed E-state index contributed by atoms with van der Waals surface area (Å²) in [7, 11) is 0. The first kappa shape index (κ1) is 59.2. The van der Waals surface area contributed by atoms with Crippen molar-refractivity contribution in [1.82, 2.24) is 47.2 Å². The maximum absolute atomic E-state index is 14.5. The second kappa shape index (κ2) is 29.3. The van der Waals surface area contributed by atoms with Crippen molar-refractivity contribution in [3.8, 4) is 5.75 Å². The normalized spacial score (nSPS) is 14.7. The van der Waals surface area contributed by atoms with Crippen LogP contribution >= 0.6 is 0 Å². The molecule has 0 fully saturated rings. The van der Waals surface area contributed by atoms with Crippen molar-refractivity contribution in [2.75, 3.05) is 6.54 Å². The van der Waals surface area contributed by atoms with Crippen LogP contribution in [0.1, 0.15) is 77.1 Å². The SMILES string of the molecule is CC[C@H](C)[C@H](NC(=O)[C@H](Cc1ccc(O)cc1)NC(=O)[C@@H](NC(=O)[C@H](CCCN=C(N)N)NC(=O)[C@@H](N)CC(=O)O)C(C)C)C(=O)N[C@@H](Cc1cnc[nH]1)C(=O)N[C@@H](C)C(=O)N[C@@H](Cc1ccccc1)C(=O)O. The van der Waals surface area contributed by atoms with Gasteiger partial charge in [-0.15, -0.1) is 0 Å². The topological polar surface area (TPSA) is 418 Å². The summed E-state index contributed by atoms with van der Waals surface area (Å²) in [6.45, 7) is 8.06. The van der Waals surface area contributed by atoms with Crippen LogP contribution < -0.4 is 54.4 Å². The summed E-state index contributed by atoms with van der Waals surface area (Å²) < 4.78 is 0. The zero-order valence-electron chi connectivity index (χ0n) is 41.4. The number of carbonyl (C=O) groups excluding carboxylic acids is 7. The van der Waals surface area contributed by atoms with E-state index in [1.54, 1.807) is 58.0 Å². The summed E-state index contributed by atoms with van der Waals surface area (Å²) in [6, 6.07) is 3.46. The second-order valence-electron chi connectivity index (χ2n) is 17.9. The van der Waals surface area contributed by atoms with Gasteiger partial charge in [-0.1, -0.05) is 76.6 Å². The van der Waals surface area contributed by atoms with Crippen LogP contribution in [0.25, 0.3) is 0 Å². The van der Waals surface area contributed by atoms with Crippen LogP contribution in [0.5, 0.6) is 5.75 Å². The fraction of sp³-hybridized carbons (Fsp3) is 0.479. The van der Waals surface area contributed by atoms with Crippen molar-refractivity contribution in [2.24, 2.45) is 34.0 Å². The number of H-pyrrole nitrogens is 1. The van der Waals surface area contributed by atoms with Crippen LogP contribution in [0.4, 0.5) is 0 Å². The van der Waals surface area contributed by atoms with E-state index >= 15 is 0 Å². The Labute approximate surface area is 422 Å². The van der Waals surface area contributed by atoms with Gasteiger partial charge in [0.15, 0.2) is 5.96 Å². The van der Waals surface area contributed by atoms with Crippen molar-refractivity contribution in [1.29, 1.82) is 0 Å². The molecule has 73 heavy (non-hydrogen) atoms. The second-order valence-corrected chi connectivity index (χ2v) is 17.9. The number of hydrogen-bond donors (Lipinski definition) is 14. The number of hydrogen-bond acceptors (Lipinski definition) is 13. The van der Waals surface area contributed by atoms with Crippen LogP contribution in [0, 0.1) is 11.8 Å². The van der Waals surface area contributed by atoms with Gasteiger partial charge in [-0.05, 0) is 54.9 Å². The lowest BCUT2D eigenvalue weighted by atomic mass is 9.96. The molecular weight excluding hydrogens is 951 g/mol. The lowest BCUT2D eigenvalue weighted by Gasteiger charge is -2.30. The fourth-order valence-electron chi connectivity index (χ4n) is 7.23. The van der Waals surface area contributed by atoms with Gasteiger partial charge in [0, 0.05) is 37.7 Å². The molecule has 1 aromatic heterocycles. The molecule has 7 amide bonds. The van der Waals surface area contributed by atoms with Crippen LogP contribution in [0.3, 0.4) is 0 Å². The molecule has 25 heteroatoms. The molecular formula is C48H69N13O12. The van der Waals surface area contributed by atoms with Crippen LogP contribution in [0.2, 0.25) is 0 Å². The van der Waals surface area contributed by atoms with Crippen molar-refractivity contribution < 1.29 is 58.5 Å². The van der Waals surface area contributed by atoms with Gasteiger partial charge in [0.25, 0.3) is 0 Å². The Morgan fingerprint density at radius 2 is 1.18 bits per heavy atom. The Morgan fingerprint density at radius 1 is 0.644 bits per heavy atom. The van der Waals surface area contributed by atoms with Gasteiger partial charge in [-0.3, -0.25) is 43.3 Å². The molecule has 25 nitrogen and oxygen atoms in total. The van der Waals surface area contributed by atoms with Crippen LogP contribution in [-0.4, -0.2) is 139 Å². The molecule has 0 aliphatic rings. The number of imidazole rings is 1. The number of nitrogens with zero attached hydrogens (tertiary/aromatic N) is 2. The molecule has 3 aromatic rings. The first-order chi connectivity index (χ1) is 34.5. The average Bonchev–Trinajstić information content (AvgIpc) is 3.85. The highest BCUT2D eigenvalue weighted by Gasteiger charge is 2.36. The smallest absolute Gasteiger partial charge is 0.326 e. The van der Waals surface area contributed by atoms with Crippen molar-refractivity contribution in [3.63, 3.8) is 0 Å². The maximum atomic E-state index is 14.5. The van der Waals surface area contributed by atoms with Crippen molar-refractivity contribution in [2.45, 2.75) is 128 Å². The molecule has 398 valence electrons. The van der Waals surface area contributed by atoms with E-state index in [2.05, 4.69) is 52.2 Å². The number of benzene rings is 2. The summed E-state index contributed by atoms with van der Waals surface area (Å²) in [5, 5.41) is 47.1. The van der Waals surface area contributed by atoms with E-state index in [1.165, 1.54) is 43.7 Å². The number of aromatic amines is 1. The molecule has 0 aliphatic heterocycles. The molecule has 0 aliphatic carbocycles. The minimum Gasteiger partial charge on any atom is -0.508 e.